The lowest BCUT2D eigenvalue weighted by atomic mass is 10.1. The van der Waals surface area contributed by atoms with E-state index in [4.69, 9.17) is 4.74 Å². The van der Waals surface area contributed by atoms with Crippen molar-refractivity contribution in [1.29, 1.82) is 0 Å². The number of nitrogens with zero attached hydrogens (tertiary/aromatic N) is 4. The second-order valence-electron chi connectivity index (χ2n) is 6.40. The highest BCUT2D eigenvalue weighted by atomic mass is 16.5. The van der Waals surface area contributed by atoms with E-state index in [0.29, 0.717) is 6.04 Å². The number of ether oxygens (including phenoxy) is 1. The van der Waals surface area contributed by atoms with Crippen LogP contribution in [0.2, 0.25) is 0 Å². The summed E-state index contributed by atoms with van der Waals surface area (Å²) in [7, 11) is 2.13. The van der Waals surface area contributed by atoms with Gasteiger partial charge in [-0.25, -0.2) is 9.97 Å². The first-order chi connectivity index (χ1) is 11.3. The van der Waals surface area contributed by atoms with Crippen molar-refractivity contribution in [1.82, 2.24) is 14.9 Å². The van der Waals surface area contributed by atoms with Crippen molar-refractivity contribution >= 4 is 5.82 Å². The SMILES string of the molecule is CN(c1ccncn1)C1CCN(Cc2ccc3c(c2)CCO3)C1. The van der Waals surface area contributed by atoms with E-state index in [1.807, 2.05) is 6.07 Å². The van der Waals surface area contributed by atoms with Crippen molar-refractivity contribution in [2.45, 2.75) is 25.4 Å². The van der Waals surface area contributed by atoms with Crippen molar-refractivity contribution in [2.75, 3.05) is 31.6 Å². The Morgan fingerprint density at radius 2 is 2.30 bits per heavy atom. The van der Waals surface area contributed by atoms with Gasteiger partial charge in [-0.1, -0.05) is 12.1 Å². The van der Waals surface area contributed by atoms with Crippen molar-refractivity contribution in [2.24, 2.45) is 0 Å². The number of likely N-dealkylation sites (N-methyl/N-ethyl adjacent to an activating group) is 1. The summed E-state index contributed by atoms with van der Waals surface area (Å²) in [6.45, 7) is 4.05. The Labute approximate surface area is 136 Å². The van der Waals surface area contributed by atoms with Crippen LogP contribution in [0.4, 0.5) is 5.82 Å². The Morgan fingerprint density at radius 3 is 3.17 bits per heavy atom. The van der Waals surface area contributed by atoms with Gasteiger partial charge < -0.3 is 9.64 Å². The lowest BCUT2D eigenvalue weighted by Gasteiger charge is -2.25. The molecule has 2 aliphatic heterocycles. The van der Waals surface area contributed by atoms with Gasteiger partial charge in [0.15, 0.2) is 0 Å². The summed E-state index contributed by atoms with van der Waals surface area (Å²) in [6, 6.07) is 9.12. The fraction of sp³-hybridized carbons (Fsp3) is 0.444. The first kappa shape index (κ1) is 14.5. The maximum Gasteiger partial charge on any atom is 0.131 e. The molecule has 0 bridgehead atoms. The largest absolute Gasteiger partial charge is 0.493 e. The quantitative estimate of drug-likeness (QED) is 0.865. The molecule has 120 valence electrons. The van der Waals surface area contributed by atoms with Crippen LogP contribution in [0.5, 0.6) is 5.75 Å². The van der Waals surface area contributed by atoms with Crippen LogP contribution in [0.3, 0.4) is 0 Å². The summed E-state index contributed by atoms with van der Waals surface area (Å²) in [6.07, 6.45) is 5.64. The van der Waals surface area contributed by atoms with E-state index in [-0.39, 0.29) is 0 Å². The third kappa shape index (κ3) is 3.01. The van der Waals surface area contributed by atoms with E-state index in [1.165, 1.54) is 17.5 Å². The first-order valence-electron chi connectivity index (χ1n) is 8.25. The molecule has 0 amide bonds. The Morgan fingerprint density at radius 1 is 1.35 bits per heavy atom. The number of aromatic nitrogens is 2. The number of rotatable bonds is 4. The van der Waals surface area contributed by atoms with Crippen molar-refractivity contribution < 1.29 is 4.74 Å². The Bertz CT molecular complexity index is 676. The summed E-state index contributed by atoms with van der Waals surface area (Å²) in [4.78, 5) is 13.2. The molecule has 1 aromatic heterocycles. The molecule has 1 unspecified atom stereocenters. The number of likely N-dealkylation sites (tertiary alicyclic amines) is 1. The third-order valence-electron chi connectivity index (χ3n) is 4.88. The standard InChI is InChI=1S/C18H22N4O/c1-21(18-4-7-19-13-20-18)16-5-8-22(12-16)11-14-2-3-17-15(10-14)6-9-23-17/h2-4,7,10,13,16H,5-6,8-9,11-12H2,1H3. The smallest absolute Gasteiger partial charge is 0.131 e. The minimum atomic E-state index is 0.516. The van der Waals surface area contributed by atoms with Crippen molar-refractivity contribution in [3.05, 3.63) is 47.9 Å². The highest BCUT2D eigenvalue weighted by Gasteiger charge is 2.26. The fourth-order valence-corrected chi connectivity index (χ4v) is 3.55. The number of fused-ring (bicyclic) bond motifs is 1. The molecule has 1 aromatic carbocycles. The highest BCUT2D eigenvalue weighted by Crippen LogP contribution is 2.27. The molecule has 23 heavy (non-hydrogen) atoms. The molecule has 2 aromatic rings. The number of hydrogen-bond donors (Lipinski definition) is 0. The molecule has 0 aliphatic carbocycles. The molecule has 4 rings (SSSR count). The average molecular weight is 310 g/mol. The van der Waals surface area contributed by atoms with Gasteiger partial charge in [-0.3, -0.25) is 4.90 Å². The normalized spacial score (nSPS) is 20.3. The lowest BCUT2D eigenvalue weighted by molar-refractivity contribution is 0.325. The molecule has 1 saturated heterocycles. The Balaban J connectivity index is 1.39. The summed E-state index contributed by atoms with van der Waals surface area (Å²) < 4.78 is 5.59. The Kier molecular flexibility index (Phi) is 3.87. The maximum absolute atomic E-state index is 5.59. The number of benzene rings is 1. The van der Waals surface area contributed by atoms with Crippen LogP contribution in [0.15, 0.2) is 36.8 Å². The van der Waals surface area contributed by atoms with Gasteiger partial charge in [-0.05, 0) is 29.7 Å². The van der Waals surface area contributed by atoms with Crippen LogP contribution in [-0.2, 0) is 13.0 Å². The molecular weight excluding hydrogens is 288 g/mol. The van der Waals surface area contributed by atoms with E-state index >= 15 is 0 Å². The molecule has 0 spiro atoms. The highest BCUT2D eigenvalue weighted by molar-refractivity contribution is 5.40. The average Bonchev–Trinajstić information content (AvgIpc) is 3.24. The second kappa shape index (κ2) is 6.16. The van der Waals surface area contributed by atoms with Gasteiger partial charge >= 0.3 is 0 Å². The van der Waals surface area contributed by atoms with Crippen LogP contribution >= 0.6 is 0 Å². The van der Waals surface area contributed by atoms with Gasteiger partial charge in [0.1, 0.15) is 17.9 Å². The molecule has 2 aliphatic rings. The first-order valence-corrected chi connectivity index (χ1v) is 8.25. The van der Waals surface area contributed by atoms with Crippen LogP contribution in [0.1, 0.15) is 17.5 Å². The summed E-state index contributed by atoms with van der Waals surface area (Å²) in [5.41, 5.74) is 2.75. The molecule has 0 N–H and O–H groups in total. The summed E-state index contributed by atoms with van der Waals surface area (Å²) in [5.74, 6) is 2.07. The maximum atomic E-state index is 5.59. The van der Waals surface area contributed by atoms with Gasteiger partial charge in [0, 0.05) is 45.3 Å². The second-order valence-corrected chi connectivity index (χ2v) is 6.40. The molecule has 5 nitrogen and oxygen atoms in total. The van der Waals surface area contributed by atoms with Crippen LogP contribution < -0.4 is 9.64 Å². The van der Waals surface area contributed by atoms with E-state index < -0.39 is 0 Å². The van der Waals surface area contributed by atoms with E-state index in [2.05, 4.69) is 45.0 Å². The fourth-order valence-electron chi connectivity index (χ4n) is 3.55. The summed E-state index contributed by atoms with van der Waals surface area (Å²) >= 11 is 0. The van der Waals surface area contributed by atoms with E-state index in [9.17, 15) is 0 Å². The molecule has 1 atom stereocenters. The lowest BCUT2D eigenvalue weighted by Crippen LogP contribution is -2.34. The van der Waals surface area contributed by atoms with Crippen LogP contribution in [0, 0.1) is 0 Å². The molecule has 5 heteroatoms. The number of anilines is 1. The topological polar surface area (TPSA) is 41.5 Å². The number of hydrogen-bond acceptors (Lipinski definition) is 5. The minimum absolute atomic E-state index is 0.516. The molecule has 0 saturated carbocycles. The van der Waals surface area contributed by atoms with Gasteiger partial charge in [0.05, 0.1) is 6.61 Å². The molecule has 0 radical (unpaired) electrons. The Hall–Kier alpha value is -2.14. The van der Waals surface area contributed by atoms with Gasteiger partial charge in [0.25, 0.3) is 0 Å². The van der Waals surface area contributed by atoms with E-state index in [0.717, 1.165) is 44.2 Å². The molecule has 1 fully saturated rings. The van der Waals surface area contributed by atoms with Crippen molar-refractivity contribution in [3.63, 3.8) is 0 Å². The van der Waals surface area contributed by atoms with Crippen molar-refractivity contribution in [3.8, 4) is 5.75 Å². The molecular formula is C18H22N4O. The third-order valence-corrected chi connectivity index (χ3v) is 4.88. The van der Waals surface area contributed by atoms with Crippen LogP contribution in [0.25, 0.3) is 0 Å². The zero-order valence-corrected chi connectivity index (χ0v) is 13.5. The predicted molar refractivity (Wildman–Crippen MR) is 89.8 cm³/mol. The summed E-state index contributed by atoms with van der Waals surface area (Å²) in [5, 5.41) is 0. The van der Waals surface area contributed by atoms with Gasteiger partial charge in [-0.2, -0.15) is 0 Å². The zero-order valence-electron chi connectivity index (χ0n) is 13.5. The van der Waals surface area contributed by atoms with Gasteiger partial charge in [-0.15, -0.1) is 0 Å². The predicted octanol–water partition coefficient (Wildman–Crippen LogP) is 2.12. The minimum Gasteiger partial charge on any atom is -0.493 e. The zero-order chi connectivity index (χ0) is 15.6. The van der Waals surface area contributed by atoms with E-state index in [1.54, 1.807) is 12.5 Å². The monoisotopic (exact) mass is 310 g/mol. The molecule has 3 heterocycles. The van der Waals surface area contributed by atoms with Crippen LogP contribution in [-0.4, -0.2) is 47.7 Å². The van der Waals surface area contributed by atoms with Gasteiger partial charge in [0.2, 0.25) is 0 Å².